The molecule has 1 aromatic rings. The van der Waals surface area contributed by atoms with E-state index in [-0.39, 0.29) is 6.04 Å². The van der Waals surface area contributed by atoms with Crippen LogP contribution in [0, 0.1) is 17.2 Å². The van der Waals surface area contributed by atoms with Crippen molar-refractivity contribution in [2.45, 2.75) is 18.9 Å². The zero-order chi connectivity index (χ0) is 10.1. The molecule has 72 valence electrons. The molecule has 1 aliphatic rings. The van der Waals surface area contributed by atoms with E-state index in [1.807, 2.05) is 18.2 Å². The first-order chi connectivity index (χ1) is 6.72. The summed E-state index contributed by atoms with van der Waals surface area (Å²) in [6.07, 6.45) is 2.47. The molecule has 1 aliphatic carbocycles. The lowest BCUT2D eigenvalue weighted by Crippen LogP contribution is -2.12. The van der Waals surface area contributed by atoms with Crippen LogP contribution < -0.4 is 5.73 Å². The van der Waals surface area contributed by atoms with Crippen molar-refractivity contribution in [2.24, 2.45) is 11.7 Å². The number of hydrogen-bond donors (Lipinski definition) is 1. The van der Waals surface area contributed by atoms with Gasteiger partial charge in [0, 0.05) is 10.5 Å². The summed E-state index contributed by atoms with van der Waals surface area (Å²) in [5.41, 5.74) is 7.84. The Morgan fingerprint density at radius 3 is 2.71 bits per heavy atom. The lowest BCUT2D eigenvalue weighted by atomic mass is 10.0. The Morgan fingerprint density at radius 1 is 1.50 bits per heavy atom. The van der Waals surface area contributed by atoms with Crippen LogP contribution in [0.4, 0.5) is 0 Å². The van der Waals surface area contributed by atoms with Crippen LogP contribution in [0.3, 0.4) is 0 Å². The molecule has 2 N–H and O–H groups in total. The quantitative estimate of drug-likeness (QED) is 0.878. The molecular weight excluding hydrogens is 240 g/mol. The Hall–Kier alpha value is -0.850. The lowest BCUT2D eigenvalue weighted by molar-refractivity contribution is 0.633. The van der Waals surface area contributed by atoms with Crippen LogP contribution in [-0.2, 0) is 0 Å². The fraction of sp³-hybridized carbons (Fsp3) is 0.364. The molecule has 2 rings (SSSR count). The molecule has 0 aromatic heterocycles. The molecule has 0 spiro atoms. The molecule has 0 aliphatic heterocycles. The van der Waals surface area contributed by atoms with Crippen LogP contribution in [0.5, 0.6) is 0 Å². The summed E-state index contributed by atoms with van der Waals surface area (Å²) >= 11 is 3.37. The largest absolute Gasteiger partial charge is 0.324 e. The van der Waals surface area contributed by atoms with Gasteiger partial charge < -0.3 is 5.73 Å². The monoisotopic (exact) mass is 250 g/mol. The third kappa shape index (κ3) is 1.82. The van der Waals surface area contributed by atoms with Gasteiger partial charge in [0.2, 0.25) is 0 Å². The van der Waals surface area contributed by atoms with Gasteiger partial charge >= 0.3 is 0 Å². The SMILES string of the molecule is N#Cc1ccc(C(N)C2CC2)cc1Br. The summed E-state index contributed by atoms with van der Waals surface area (Å²) < 4.78 is 0.841. The second kappa shape index (κ2) is 3.72. The molecule has 14 heavy (non-hydrogen) atoms. The third-order valence-electron chi connectivity index (χ3n) is 2.63. The Morgan fingerprint density at radius 2 is 2.21 bits per heavy atom. The van der Waals surface area contributed by atoms with Gasteiger partial charge in [-0.3, -0.25) is 0 Å². The van der Waals surface area contributed by atoms with Gasteiger partial charge in [-0.2, -0.15) is 5.26 Å². The molecule has 0 heterocycles. The Bertz CT molecular complexity index is 391. The van der Waals surface area contributed by atoms with Crippen LogP contribution in [0.2, 0.25) is 0 Å². The first-order valence-electron chi connectivity index (χ1n) is 4.67. The summed E-state index contributed by atoms with van der Waals surface area (Å²) in [5.74, 6) is 0.648. The molecular formula is C11H11BrN2. The molecule has 2 nitrogen and oxygen atoms in total. The highest BCUT2D eigenvalue weighted by molar-refractivity contribution is 9.10. The molecule has 0 saturated heterocycles. The topological polar surface area (TPSA) is 49.8 Å². The van der Waals surface area contributed by atoms with Crippen molar-refractivity contribution in [1.29, 1.82) is 5.26 Å². The minimum absolute atomic E-state index is 0.138. The lowest BCUT2D eigenvalue weighted by Gasteiger charge is -2.11. The van der Waals surface area contributed by atoms with Gasteiger partial charge in [-0.05, 0) is 52.4 Å². The van der Waals surface area contributed by atoms with Crippen LogP contribution in [-0.4, -0.2) is 0 Å². The molecule has 0 amide bonds. The molecule has 3 heteroatoms. The standard InChI is InChI=1S/C11H11BrN2/c12-10-5-8(3-4-9(10)6-13)11(14)7-1-2-7/h3-5,7,11H,1-2,14H2. The zero-order valence-electron chi connectivity index (χ0n) is 7.70. The molecule has 1 fully saturated rings. The van der Waals surface area contributed by atoms with E-state index in [4.69, 9.17) is 11.0 Å². The van der Waals surface area contributed by atoms with E-state index in [2.05, 4.69) is 22.0 Å². The van der Waals surface area contributed by atoms with Crippen molar-refractivity contribution in [3.63, 3.8) is 0 Å². The summed E-state index contributed by atoms with van der Waals surface area (Å²) in [4.78, 5) is 0. The third-order valence-corrected chi connectivity index (χ3v) is 3.28. The van der Waals surface area contributed by atoms with Crippen molar-refractivity contribution in [2.75, 3.05) is 0 Å². The summed E-state index contributed by atoms with van der Waals surface area (Å²) in [7, 11) is 0. The molecule has 1 saturated carbocycles. The van der Waals surface area contributed by atoms with Gasteiger partial charge in [-0.1, -0.05) is 6.07 Å². The zero-order valence-corrected chi connectivity index (χ0v) is 9.29. The molecule has 0 bridgehead atoms. The highest BCUT2D eigenvalue weighted by Gasteiger charge is 2.29. The van der Waals surface area contributed by atoms with Gasteiger partial charge in [0.25, 0.3) is 0 Å². The van der Waals surface area contributed by atoms with Crippen molar-refractivity contribution < 1.29 is 0 Å². The molecule has 1 atom stereocenters. The number of rotatable bonds is 2. The molecule has 0 radical (unpaired) electrons. The van der Waals surface area contributed by atoms with Gasteiger partial charge in [-0.15, -0.1) is 0 Å². The summed E-state index contributed by atoms with van der Waals surface area (Å²) in [6, 6.07) is 7.99. The minimum atomic E-state index is 0.138. The fourth-order valence-corrected chi connectivity index (χ4v) is 2.04. The predicted molar refractivity (Wildman–Crippen MR) is 58.5 cm³/mol. The maximum atomic E-state index is 8.76. The number of benzene rings is 1. The Balaban J connectivity index is 2.28. The van der Waals surface area contributed by atoms with Crippen molar-refractivity contribution in [3.8, 4) is 6.07 Å². The van der Waals surface area contributed by atoms with Crippen LogP contribution in [0.15, 0.2) is 22.7 Å². The second-order valence-electron chi connectivity index (χ2n) is 3.71. The van der Waals surface area contributed by atoms with Crippen molar-refractivity contribution >= 4 is 15.9 Å². The molecule has 1 unspecified atom stereocenters. The summed E-state index contributed by atoms with van der Waals surface area (Å²) in [5, 5.41) is 8.76. The van der Waals surface area contributed by atoms with E-state index in [1.165, 1.54) is 12.8 Å². The van der Waals surface area contributed by atoms with Crippen LogP contribution >= 0.6 is 15.9 Å². The predicted octanol–water partition coefficient (Wildman–Crippen LogP) is 2.73. The Kier molecular flexibility index (Phi) is 2.58. The van der Waals surface area contributed by atoms with Gasteiger partial charge in [0.15, 0.2) is 0 Å². The van der Waals surface area contributed by atoms with Crippen molar-refractivity contribution in [1.82, 2.24) is 0 Å². The number of halogens is 1. The highest BCUT2D eigenvalue weighted by Crippen LogP contribution is 2.40. The number of nitrogens with zero attached hydrogens (tertiary/aromatic N) is 1. The maximum absolute atomic E-state index is 8.76. The van der Waals surface area contributed by atoms with Gasteiger partial charge in [-0.25, -0.2) is 0 Å². The normalized spacial score (nSPS) is 17.5. The van der Waals surface area contributed by atoms with Gasteiger partial charge in [0.05, 0.1) is 5.56 Å². The molecule has 1 aromatic carbocycles. The second-order valence-corrected chi connectivity index (χ2v) is 4.57. The summed E-state index contributed by atoms with van der Waals surface area (Å²) in [6.45, 7) is 0. The average Bonchev–Trinajstić information content (AvgIpc) is 3.00. The number of nitrogens with two attached hydrogens (primary N) is 1. The first kappa shape index (κ1) is 9.70. The van der Waals surface area contributed by atoms with E-state index in [0.717, 1.165) is 10.0 Å². The maximum Gasteiger partial charge on any atom is 0.100 e. The van der Waals surface area contributed by atoms with E-state index in [1.54, 1.807) is 0 Å². The van der Waals surface area contributed by atoms with Crippen molar-refractivity contribution in [3.05, 3.63) is 33.8 Å². The minimum Gasteiger partial charge on any atom is -0.324 e. The first-order valence-corrected chi connectivity index (χ1v) is 5.47. The number of hydrogen-bond acceptors (Lipinski definition) is 2. The Labute approximate surface area is 91.9 Å². The van der Waals surface area contributed by atoms with E-state index in [9.17, 15) is 0 Å². The van der Waals surface area contributed by atoms with Crippen LogP contribution in [0.1, 0.15) is 30.0 Å². The average molecular weight is 251 g/mol. The van der Waals surface area contributed by atoms with Crippen LogP contribution in [0.25, 0.3) is 0 Å². The van der Waals surface area contributed by atoms with E-state index >= 15 is 0 Å². The van der Waals surface area contributed by atoms with E-state index in [0.29, 0.717) is 11.5 Å². The fourth-order valence-electron chi connectivity index (χ4n) is 1.56. The highest BCUT2D eigenvalue weighted by atomic mass is 79.9. The number of nitriles is 1. The van der Waals surface area contributed by atoms with Gasteiger partial charge in [0.1, 0.15) is 6.07 Å². The van der Waals surface area contributed by atoms with E-state index < -0.39 is 0 Å². The smallest absolute Gasteiger partial charge is 0.100 e.